The van der Waals surface area contributed by atoms with Crippen LogP contribution in [0, 0.1) is 0 Å². The van der Waals surface area contributed by atoms with E-state index in [4.69, 9.17) is 5.73 Å². The molecule has 3 N–H and O–H groups in total. The van der Waals surface area contributed by atoms with Crippen LogP contribution in [-0.4, -0.2) is 13.1 Å². The molecule has 0 bridgehead atoms. The second-order valence-electron chi connectivity index (χ2n) is 3.97. The first-order chi connectivity index (χ1) is 6.90. The molecule has 0 heterocycles. The molecule has 0 saturated heterocycles. The average Bonchev–Trinajstić information content (AvgIpc) is 2.14. The number of anilines is 1. The normalized spacial score (nSPS) is 16.4. The van der Waals surface area contributed by atoms with Crippen LogP contribution in [0.1, 0.15) is 30.7 Å². The van der Waals surface area contributed by atoms with Crippen LogP contribution in [0.2, 0.25) is 0 Å². The van der Waals surface area contributed by atoms with Crippen molar-refractivity contribution in [2.45, 2.75) is 25.2 Å². The van der Waals surface area contributed by atoms with Gasteiger partial charge < -0.3 is 11.1 Å². The zero-order valence-corrected chi connectivity index (χ0v) is 8.50. The molecule has 2 nitrogen and oxygen atoms in total. The van der Waals surface area contributed by atoms with Crippen molar-refractivity contribution in [3.8, 4) is 0 Å². The van der Waals surface area contributed by atoms with E-state index in [1.54, 1.807) is 0 Å². The number of nitrogens with one attached hydrogen (secondary N) is 1. The maximum atomic E-state index is 5.42. The number of rotatable bonds is 4. The van der Waals surface area contributed by atoms with Gasteiger partial charge in [0.15, 0.2) is 0 Å². The maximum absolute atomic E-state index is 5.42. The average molecular weight is 190 g/mol. The van der Waals surface area contributed by atoms with Gasteiger partial charge in [-0.1, -0.05) is 18.6 Å². The molecule has 2 heteroatoms. The largest absolute Gasteiger partial charge is 0.384 e. The van der Waals surface area contributed by atoms with E-state index in [1.165, 1.54) is 30.5 Å². The quantitative estimate of drug-likeness (QED) is 0.764. The minimum absolute atomic E-state index is 0.685. The summed E-state index contributed by atoms with van der Waals surface area (Å²) < 4.78 is 0. The summed E-state index contributed by atoms with van der Waals surface area (Å²) >= 11 is 0. The highest BCUT2D eigenvalue weighted by Crippen LogP contribution is 2.36. The van der Waals surface area contributed by atoms with Gasteiger partial charge in [0.05, 0.1) is 0 Å². The SMILES string of the molecule is NCCNc1ccc(C2CCC2)cc1. The molecule has 0 amide bonds. The molecule has 0 atom stereocenters. The molecule has 1 aliphatic carbocycles. The Morgan fingerprint density at radius 1 is 1.21 bits per heavy atom. The first-order valence-electron chi connectivity index (χ1n) is 5.44. The monoisotopic (exact) mass is 190 g/mol. The van der Waals surface area contributed by atoms with E-state index in [2.05, 4.69) is 29.6 Å². The van der Waals surface area contributed by atoms with Gasteiger partial charge in [0, 0.05) is 18.8 Å². The molecule has 1 fully saturated rings. The van der Waals surface area contributed by atoms with E-state index < -0.39 is 0 Å². The summed E-state index contributed by atoms with van der Waals surface area (Å²) in [5.74, 6) is 0.832. The topological polar surface area (TPSA) is 38.0 Å². The summed E-state index contributed by atoms with van der Waals surface area (Å²) in [7, 11) is 0. The van der Waals surface area contributed by atoms with E-state index in [1.807, 2.05) is 0 Å². The molecule has 1 aliphatic rings. The smallest absolute Gasteiger partial charge is 0.0340 e. The lowest BCUT2D eigenvalue weighted by Gasteiger charge is -2.25. The molecule has 1 aromatic rings. The van der Waals surface area contributed by atoms with Crippen molar-refractivity contribution in [1.82, 2.24) is 0 Å². The summed E-state index contributed by atoms with van der Waals surface area (Å²) in [5.41, 5.74) is 8.10. The fraction of sp³-hybridized carbons (Fsp3) is 0.500. The van der Waals surface area contributed by atoms with Crippen LogP contribution in [-0.2, 0) is 0 Å². The highest BCUT2D eigenvalue weighted by Gasteiger charge is 2.18. The van der Waals surface area contributed by atoms with Gasteiger partial charge in [0.25, 0.3) is 0 Å². The first kappa shape index (κ1) is 9.53. The molecular weight excluding hydrogens is 172 g/mol. The third-order valence-electron chi connectivity index (χ3n) is 2.96. The van der Waals surface area contributed by atoms with Crippen LogP contribution >= 0.6 is 0 Å². The van der Waals surface area contributed by atoms with Crippen LogP contribution in [0.5, 0.6) is 0 Å². The fourth-order valence-corrected chi connectivity index (χ4v) is 1.83. The van der Waals surface area contributed by atoms with Gasteiger partial charge in [-0.05, 0) is 36.5 Å². The molecular formula is C12H18N2. The van der Waals surface area contributed by atoms with Gasteiger partial charge in [0.1, 0.15) is 0 Å². The third-order valence-corrected chi connectivity index (χ3v) is 2.96. The Balaban J connectivity index is 1.95. The lowest BCUT2D eigenvalue weighted by Crippen LogP contribution is -2.13. The standard InChI is InChI=1S/C12H18N2/c13-8-9-14-12-6-4-11(5-7-12)10-2-1-3-10/h4-7,10,14H,1-3,8-9,13H2. The number of hydrogen-bond acceptors (Lipinski definition) is 2. The van der Waals surface area contributed by atoms with Crippen molar-refractivity contribution in [3.63, 3.8) is 0 Å². The van der Waals surface area contributed by atoms with E-state index in [9.17, 15) is 0 Å². The second-order valence-corrected chi connectivity index (χ2v) is 3.97. The molecule has 2 rings (SSSR count). The van der Waals surface area contributed by atoms with Crippen LogP contribution in [0.4, 0.5) is 5.69 Å². The molecule has 1 aromatic carbocycles. The predicted molar refractivity (Wildman–Crippen MR) is 60.6 cm³/mol. The van der Waals surface area contributed by atoms with E-state index in [0.29, 0.717) is 6.54 Å². The lowest BCUT2D eigenvalue weighted by molar-refractivity contribution is 0.420. The van der Waals surface area contributed by atoms with Gasteiger partial charge in [-0.3, -0.25) is 0 Å². The van der Waals surface area contributed by atoms with E-state index in [-0.39, 0.29) is 0 Å². The minimum Gasteiger partial charge on any atom is -0.384 e. The Labute approximate surface area is 85.5 Å². The van der Waals surface area contributed by atoms with Crippen molar-refractivity contribution in [2.75, 3.05) is 18.4 Å². The molecule has 1 saturated carbocycles. The molecule has 14 heavy (non-hydrogen) atoms. The predicted octanol–water partition coefficient (Wildman–Crippen LogP) is 2.32. The fourth-order valence-electron chi connectivity index (χ4n) is 1.83. The lowest BCUT2D eigenvalue weighted by atomic mass is 9.80. The van der Waals surface area contributed by atoms with Crippen LogP contribution in [0.25, 0.3) is 0 Å². The third kappa shape index (κ3) is 2.07. The molecule has 76 valence electrons. The van der Waals surface area contributed by atoms with Crippen LogP contribution < -0.4 is 11.1 Å². The Morgan fingerprint density at radius 3 is 2.43 bits per heavy atom. The Kier molecular flexibility index (Phi) is 3.04. The minimum atomic E-state index is 0.685. The zero-order chi connectivity index (χ0) is 9.80. The summed E-state index contributed by atoms with van der Waals surface area (Å²) in [6.07, 6.45) is 4.14. The van der Waals surface area contributed by atoms with Crippen molar-refractivity contribution < 1.29 is 0 Å². The summed E-state index contributed by atoms with van der Waals surface area (Å²) in [4.78, 5) is 0. The molecule has 0 aliphatic heterocycles. The molecule has 0 radical (unpaired) electrons. The second kappa shape index (κ2) is 4.47. The summed E-state index contributed by atoms with van der Waals surface area (Å²) in [6.45, 7) is 1.53. The van der Waals surface area contributed by atoms with Gasteiger partial charge in [-0.25, -0.2) is 0 Å². The van der Waals surface area contributed by atoms with Gasteiger partial charge in [-0.2, -0.15) is 0 Å². The van der Waals surface area contributed by atoms with Crippen molar-refractivity contribution in [3.05, 3.63) is 29.8 Å². The summed E-state index contributed by atoms with van der Waals surface area (Å²) in [6, 6.07) is 8.79. The van der Waals surface area contributed by atoms with Crippen molar-refractivity contribution in [1.29, 1.82) is 0 Å². The van der Waals surface area contributed by atoms with Gasteiger partial charge in [-0.15, -0.1) is 0 Å². The Bertz CT molecular complexity index is 275. The van der Waals surface area contributed by atoms with Gasteiger partial charge in [0.2, 0.25) is 0 Å². The van der Waals surface area contributed by atoms with Crippen LogP contribution in [0.3, 0.4) is 0 Å². The van der Waals surface area contributed by atoms with E-state index >= 15 is 0 Å². The van der Waals surface area contributed by atoms with Crippen molar-refractivity contribution >= 4 is 5.69 Å². The highest BCUT2D eigenvalue weighted by molar-refractivity contribution is 5.45. The molecule has 0 unspecified atom stereocenters. The first-order valence-corrected chi connectivity index (χ1v) is 5.44. The number of benzene rings is 1. The molecule has 0 spiro atoms. The number of nitrogens with two attached hydrogens (primary N) is 1. The van der Waals surface area contributed by atoms with Crippen molar-refractivity contribution in [2.24, 2.45) is 5.73 Å². The van der Waals surface area contributed by atoms with Gasteiger partial charge >= 0.3 is 0 Å². The summed E-state index contributed by atoms with van der Waals surface area (Å²) in [5, 5.41) is 3.27. The number of hydrogen-bond donors (Lipinski definition) is 2. The molecule has 0 aromatic heterocycles. The highest BCUT2D eigenvalue weighted by atomic mass is 14.9. The zero-order valence-electron chi connectivity index (χ0n) is 8.50. The maximum Gasteiger partial charge on any atom is 0.0340 e. The Hall–Kier alpha value is -1.02. The van der Waals surface area contributed by atoms with Crippen LogP contribution in [0.15, 0.2) is 24.3 Å². The Morgan fingerprint density at radius 2 is 1.93 bits per heavy atom. The van der Waals surface area contributed by atoms with E-state index in [0.717, 1.165) is 12.5 Å².